The zero-order chi connectivity index (χ0) is 24.8. The lowest BCUT2D eigenvalue weighted by Crippen LogP contribution is -2.54. The molecule has 4 amide bonds. The molecule has 0 atom stereocenters. The van der Waals surface area contributed by atoms with Crippen molar-refractivity contribution < 1.29 is 18.8 Å². The Bertz CT molecular complexity index is 1340. The number of rotatable bonds is 3. The number of urea groups is 1. The molecule has 0 spiro atoms. The minimum Gasteiger partial charge on any atom is -0.318 e. The fraction of sp³-hybridized carbons (Fsp3) is 0.222. The van der Waals surface area contributed by atoms with Crippen LogP contribution in [-0.2, 0) is 15.0 Å². The monoisotopic (exact) mass is 459 g/mol. The molecule has 1 aromatic heterocycles. The third-order valence-corrected chi connectivity index (χ3v) is 5.93. The summed E-state index contributed by atoms with van der Waals surface area (Å²) >= 11 is 0. The van der Waals surface area contributed by atoms with Crippen LogP contribution in [0.25, 0.3) is 11.8 Å². The first-order chi connectivity index (χ1) is 16.0. The molecule has 0 bridgehead atoms. The predicted molar refractivity (Wildman–Crippen MR) is 129 cm³/mol. The first-order valence-electron chi connectivity index (χ1n) is 10.9. The number of hydrogen-bond donors (Lipinski definition) is 1. The molecule has 3 aromatic rings. The number of halogens is 1. The molecular weight excluding hydrogens is 433 g/mol. The maximum atomic E-state index is 13.7. The van der Waals surface area contributed by atoms with E-state index in [-0.39, 0.29) is 16.7 Å². The number of amides is 4. The third-order valence-electron chi connectivity index (χ3n) is 5.93. The molecule has 0 radical (unpaired) electrons. The number of nitrogens with zero attached hydrogens (tertiary/aromatic N) is 2. The second-order valence-corrected chi connectivity index (χ2v) is 9.40. The van der Waals surface area contributed by atoms with Crippen LogP contribution in [0.5, 0.6) is 0 Å². The Balaban J connectivity index is 1.73. The van der Waals surface area contributed by atoms with E-state index in [1.807, 2.05) is 36.6 Å². The van der Waals surface area contributed by atoms with Crippen LogP contribution in [0.2, 0.25) is 0 Å². The van der Waals surface area contributed by atoms with Crippen LogP contribution in [0.4, 0.5) is 14.9 Å². The normalized spacial score (nSPS) is 15.8. The fourth-order valence-corrected chi connectivity index (χ4v) is 4.10. The topological polar surface area (TPSA) is 71.4 Å². The number of nitrogens with one attached hydrogen (secondary N) is 1. The average Bonchev–Trinajstić information content (AvgIpc) is 3.03. The summed E-state index contributed by atoms with van der Waals surface area (Å²) < 4.78 is 15.7. The molecule has 2 heterocycles. The van der Waals surface area contributed by atoms with E-state index < -0.39 is 23.7 Å². The lowest BCUT2D eigenvalue weighted by atomic mass is 9.87. The maximum absolute atomic E-state index is 13.7. The van der Waals surface area contributed by atoms with Crippen LogP contribution in [-0.4, -0.2) is 22.4 Å². The molecule has 6 nitrogen and oxygen atoms in total. The highest BCUT2D eigenvalue weighted by atomic mass is 19.1. The highest BCUT2D eigenvalue weighted by Crippen LogP contribution is 2.28. The fourth-order valence-electron chi connectivity index (χ4n) is 4.10. The number of imide groups is 2. The third kappa shape index (κ3) is 4.17. The van der Waals surface area contributed by atoms with Crippen molar-refractivity contribution in [3.8, 4) is 5.69 Å². The minimum atomic E-state index is -0.915. The van der Waals surface area contributed by atoms with Crippen LogP contribution in [0.3, 0.4) is 0 Å². The molecule has 4 rings (SSSR count). The van der Waals surface area contributed by atoms with Crippen molar-refractivity contribution in [3.63, 3.8) is 0 Å². The van der Waals surface area contributed by atoms with E-state index in [4.69, 9.17) is 0 Å². The lowest BCUT2D eigenvalue weighted by Gasteiger charge is -2.26. The molecular formula is C27H26FN3O3. The van der Waals surface area contributed by atoms with Gasteiger partial charge in [0.1, 0.15) is 11.4 Å². The smallest absolute Gasteiger partial charge is 0.318 e. The zero-order valence-electron chi connectivity index (χ0n) is 19.8. The molecule has 34 heavy (non-hydrogen) atoms. The van der Waals surface area contributed by atoms with Gasteiger partial charge >= 0.3 is 6.03 Å². The van der Waals surface area contributed by atoms with Gasteiger partial charge in [-0.15, -0.1) is 0 Å². The molecule has 1 aliphatic rings. The van der Waals surface area contributed by atoms with E-state index in [0.29, 0.717) is 5.56 Å². The second kappa shape index (κ2) is 8.41. The summed E-state index contributed by atoms with van der Waals surface area (Å²) in [4.78, 5) is 38.8. The van der Waals surface area contributed by atoms with Gasteiger partial charge in [-0.05, 0) is 72.9 Å². The van der Waals surface area contributed by atoms with Crippen molar-refractivity contribution in [3.05, 3.63) is 88.5 Å². The van der Waals surface area contributed by atoms with Crippen LogP contribution in [0.15, 0.2) is 60.2 Å². The van der Waals surface area contributed by atoms with Gasteiger partial charge in [-0.25, -0.2) is 14.1 Å². The highest BCUT2D eigenvalue weighted by Gasteiger charge is 2.37. The van der Waals surface area contributed by atoms with Crippen molar-refractivity contribution in [1.29, 1.82) is 0 Å². The van der Waals surface area contributed by atoms with Gasteiger partial charge in [-0.3, -0.25) is 14.9 Å². The standard InChI is InChI=1S/C27H26FN3O3/c1-16-13-18(17(2)30(16)21-11-9-19(10-12-21)27(3,4)5)14-23-24(32)29-26(34)31(25(23)33)22-8-6-7-20(28)15-22/h6-15H,1-5H3,(H,29,32,34)/b23-14+. The largest absolute Gasteiger partial charge is 0.335 e. The van der Waals surface area contributed by atoms with E-state index in [1.54, 1.807) is 0 Å². The Hall–Kier alpha value is -4.00. The van der Waals surface area contributed by atoms with Gasteiger partial charge in [-0.1, -0.05) is 39.0 Å². The summed E-state index contributed by atoms with van der Waals surface area (Å²) in [6.07, 6.45) is 1.47. The Morgan fingerprint density at radius 2 is 1.59 bits per heavy atom. The molecule has 2 aromatic carbocycles. The summed E-state index contributed by atoms with van der Waals surface area (Å²) in [6, 6.07) is 14.3. The summed E-state index contributed by atoms with van der Waals surface area (Å²) in [6.45, 7) is 10.3. The zero-order valence-corrected chi connectivity index (χ0v) is 19.8. The van der Waals surface area contributed by atoms with E-state index in [1.165, 1.54) is 29.8 Å². The molecule has 1 fully saturated rings. The lowest BCUT2D eigenvalue weighted by molar-refractivity contribution is -0.122. The predicted octanol–water partition coefficient (Wildman–Crippen LogP) is 5.20. The SMILES string of the molecule is Cc1cc(/C=C2\C(=O)NC(=O)N(c3cccc(F)c3)C2=O)c(C)n1-c1ccc(C(C)(C)C)cc1. The summed E-state index contributed by atoms with van der Waals surface area (Å²) in [5, 5.41) is 2.17. The molecule has 1 saturated heterocycles. The van der Waals surface area contributed by atoms with Gasteiger partial charge in [0, 0.05) is 17.1 Å². The number of aromatic nitrogens is 1. The number of anilines is 1. The van der Waals surface area contributed by atoms with Gasteiger partial charge in [0.25, 0.3) is 11.8 Å². The van der Waals surface area contributed by atoms with Crippen molar-refractivity contribution in [2.75, 3.05) is 4.90 Å². The van der Waals surface area contributed by atoms with Gasteiger partial charge in [0.15, 0.2) is 0 Å². The number of hydrogen-bond acceptors (Lipinski definition) is 3. The molecule has 1 N–H and O–H groups in total. The number of benzene rings is 2. The van der Waals surface area contributed by atoms with Gasteiger partial charge in [0.05, 0.1) is 5.69 Å². The van der Waals surface area contributed by atoms with Crippen molar-refractivity contribution >= 4 is 29.6 Å². The molecule has 174 valence electrons. The van der Waals surface area contributed by atoms with Crippen LogP contribution >= 0.6 is 0 Å². The molecule has 7 heteroatoms. The highest BCUT2D eigenvalue weighted by molar-refractivity contribution is 6.39. The number of carbonyl (C=O) groups is 3. The van der Waals surface area contributed by atoms with Gasteiger partial charge < -0.3 is 4.57 Å². The number of aryl methyl sites for hydroxylation is 1. The summed E-state index contributed by atoms with van der Waals surface area (Å²) in [7, 11) is 0. The van der Waals surface area contributed by atoms with E-state index >= 15 is 0 Å². The van der Waals surface area contributed by atoms with E-state index in [9.17, 15) is 18.8 Å². The molecule has 0 unspecified atom stereocenters. The average molecular weight is 460 g/mol. The van der Waals surface area contributed by atoms with Gasteiger partial charge in [0.2, 0.25) is 0 Å². The number of barbiturate groups is 1. The van der Waals surface area contributed by atoms with Crippen LogP contribution in [0.1, 0.15) is 43.3 Å². The Morgan fingerprint density at radius 1 is 0.912 bits per heavy atom. The van der Waals surface area contributed by atoms with Crippen LogP contribution < -0.4 is 10.2 Å². The number of carbonyl (C=O) groups excluding carboxylic acids is 3. The quantitative estimate of drug-likeness (QED) is 0.432. The molecule has 1 aliphatic heterocycles. The second-order valence-electron chi connectivity index (χ2n) is 9.40. The van der Waals surface area contributed by atoms with Crippen molar-refractivity contribution in [2.45, 2.75) is 40.0 Å². The summed E-state index contributed by atoms with van der Waals surface area (Å²) in [5.41, 5.74) is 4.49. The first-order valence-corrected chi connectivity index (χ1v) is 10.9. The van der Waals surface area contributed by atoms with Crippen molar-refractivity contribution in [2.24, 2.45) is 0 Å². The van der Waals surface area contributed by atoms with E-state index in [2.05, 4.69) is 38.2 Å². The van der Waals surface area contributed by atoms with Crippen molar-refractivity contribution in [1.82, 2.24) is 9.88 Å². The molecule has 0 saturated carbocycles. The van der Waals surface area contributed by atoms with E-state index in [0.717, 1.165) is 28.0 Å². The summed E-state index contributed by atoms with van der Waals surface area (Å²) in [5.74, 6) is -2.19. The van der Waals surface area contributed by atoms with Crippen LogP contribution in [0, 0.1) is 19.7 Å². The molecule has 0 aliphatic carbocycles. The van der Waals surface area contributed by atoms with Gasteiger partial charge in [-0.2, -0.15) is 0 Å². The first kappa shape index (κ1) is 23.2. The Kier molecular flexibility index (Phi) is 5.73. The Morgan fingerprint density at radius 3 is 2.21 bits per heavy atom. The minimum absolute atomic E-state index is 0.0363. The Labute approximate surface area is 197 Å². The maximum Gasteiger partial charge on any atom is 0.335 e.